The third kappa shape index (κ3) is 2.59. The summed E-state index contributed by atoms with van der Waals surface area (Å²) in [6, 6.07) is 1.22. The molecule has 0 aromatic heterocycles. The zero-order valence-corrected chi connectivity index (χ0v) is 7.67. The van der Waals surface area contributed by atoms with Crippen LogP contribution >= 0.6 is 0 Å². The average Bonchev–Trinajstić information content (AvgIpc) is 1.93. The first-order valence-electron chi connectivity index (χ1n) is 4.16. The molecule has 0 aromatic rings. The van der Waals surface area contributed by atoms with Crippen molar-refractivity contribution in [2.45, 2.75) is 18.7 Å². The summed E-state index contributed by atoms with van der Waals surface area (Å²) in [4.78, 5) is 1.42. The lowest BCUT2D eigenvalue weighted by Gasteiger charge is -2.44. The van der Waals surface area contributed by atoms with E-state index in [1.807, 2.05) is 0 Å². The van der Waals surface area contributed by atoms with Crippen molar-refractivity contribution in [2.75, 3.05) is 19.6 Å². The molecule has 1 heterocycles. The highest BCUT2D eigenvalue weighted by Crippen LogP contribution is 2.29. The lowest BCUT2D eigenvalue weighted by atomic mass is 9.95. The average molecular weight is 208 g/mol. The van der Waals surface area contributed by atoms with Gasteiger partial charge in [0.25, 0.3) is 0 Å². The number of hydrogen-bond donors (Lipinski definition) is 1. The molecule has 6 heteroatoms. The van der Waals surface area contributed by atoms with Gasteiger partial charge in [-0.2, -0.15) is 18.4 Å². The van der Waals surface area contributed by atoms with Crippen LogP contribution in [0.4, 0.5) is 13.2 Å². The van der Waals surface area contributed by atoms with Gasteiger partial charge in [0, 0.05) is 19.6 Å². The fourth-order valence-electron chi connectivity index (χ4n) is 1.52. The lowest BCUT2D eigenvalue weighted by Crippen LogP contribution is -2.61. The number of aliphatic hydroxyl groups is 1. The van der Waals surface area contributed by atoms with Crippen LogP contribution in [0, 0.1) is 17.2 Å². The maximum Gasteiger partial charge on any atom is 0.405 e. The normalized spacial score (nSPS) is 23.7. The molecule has 1 rings (SSSR count). The Morgan fingerprint density at radius 3 is 2.36 bits per heavy atom. The largest absolute Gasteiger partial charge is 0.405 e. The number of halogens is 3. The second kappa shape index (κ2) is 3.41. The zero-order chi connectivity index (χ0) is 11.0. The number of nitriles is 1. The highest BCUT2D eigenvalue weighted by atomic mass is 19.4. The summed E-state index contributed by atoms with van der Waals surface area (Å²) < 4.78 is 36.4. The highest BCUT2D eigenvalue weighted by Gasteiger charge is 2.45. The molecule has 1 aliphatic rings. The van der Waals surface area contributed by atoms with Gasteiger partial charge in [-0.05, 0) is 6.92 Å². The van der Waals surface area contributed by atoms with Gasteiger partial charge < -0.3 is 5.11 Å². The van der Waals surface area contributed by atoms with Crippen molar-refractivity contribution in [1.82, 2.24) is 4.90 Å². The number of hydrogen-bond acceptors (Lipinski definition) is 3. The topological polar surface area (TPSA) is 47.3 Å². The van der Waals surface area contributed by atoms with Gasteiger partial charge in [-0.3, -0.25) is 4.90 Å². The fraction of sp³-hybridized carbons (Fsp3) is 0.875. The Kier molecular flexibility index (Phi) is 2.74. The minimum absolute atomic E-state index is 0.196. The maximum absolute atomic E-state index is 12.1. The number of likely N-dealkylation sites (tertiary alicyclic amines) is 1. The van der Waals surface area contributed by atoms with Crippen LogP contribution < -0.4 is 0 Å². The van der Waals surface area contributed by atoms with E-state index in [4.69, 9.17) is 5.26 Å². The Hall–Kier alpha value is -0.800. The molecule has 0 bridgehead atoms. The molecule has 1 fully saturated rings. The predicted octanol–water partition coefficient (Wildman–Crippen LogP) is 0.755. The fourth-order valence-corrected chi connectivity index (χ4v) is 1.52. The first kappa shape index (κ1) is 11.3. The summed E-state index contributed by atoms with van der Waals surface area (Å²) in [5.41, 5.74) is -0.897. The van der Waals surface area contributed by atoms with Crippen molar-refractivity contribution in [3.05, 3.63) is 0 Å². The van der Waals surface area contributed by atoms with E-state index in [9.17, 15) is 18.3 Å². The Morgan fingerprint density at radius 1 is 1.57 bits per heavy atom. The van der Waals surface area contributed by atoms with E-state index in [1.165, 1.54) is 11.0 Å². The number of nitrogens with zero attached hydrogens (tertiary/aromatic N) is 2. The summed E-state index contributed by atoms with van der Waals surface area (Å²) in [6.07, 6.45) is -4.48. The van der Waals surface area contributed by atoms with Crippen molar-refractivity contribution >= 4 is 0 Å². The molecule has 1 N–H and O–H groups in total. The smallest absolute Gasteiger partial charge is 0.388 e. The highest BCUT2D eigenvalue weighted by molar-refractivity contribution is 4.97. The quantitative estimate of drug-likeness (QED) is 0.728. The second-order valence-corrected chi connectivity index (χ2v) is 3.89. The summed E-state index contributed by atoms with van der Waals surface area (Å²) in [5.74, 6) is -1.96. The summed E-state index contributed by atoms with van der Waals surface area (Å²) in [5, 5.41) is 17.6. The Bertz CT molecular complexity index is 248. The summed E-state index contributed by atoms with van der Waals surface area (Å²) >= 11 is 0. The first-order chi connectivity index (χ1) is 6.24. The molecular weight excluding hydrogens is 197 g/mol. The number of alkyl halides is 3. The van der Waals surface area contributed by atoms with Gasteiger partial charge in [0.1, 0.15) is 0 Å². The van der Waals surface area contributed by atoms with Crippen molar-refractivity contribution in [2.24, 2.45) is 5.92 Å². The molecule has 1 atom stereocenters. The SMILES string of the molecule is CC1(O)CN(CC(C#N)C(F)(F)F)C1. The van der Waals surface area contributed by atoms with E-state index in [1.54, 1.807) is 6.92 Å². The van der Waals surface area contributed by atoms with E-state index < -0.39 is 17.7 Å². The van der Waals surface area contributed by atoms with Crippen LogP contribution in [-0.2, 0) is 0 Å². The molecule has 0 saturated carbocycles. The van der Waals surface area contributed by atoms with Crippen LogP contribution in [0.2, 0.25) is 0 Å². The van der Waals surface area contributed by atoms with Crippen LogP contribution in [0.1, 0.15) is 6.92 Å². The van der Waals surface area contributed by atoms with Crippen LogP contribution in [0.5, 0.6) is 0 Å². The van der Waals surface area contributed by atoms with Crippen molar-refractivity contribution in [3.63, 3.8) is 0 Å². The molecule has 1 aliphatic heterocycles. The van der Waals surface area contributed by atoms with E-state index in [2.05, 4.69) is 0 Å². The molecule has 0 aromatic carbocycles. The predicted molar refractivity (Wildman–Crippen MR) is 42.2 cm³/mol. The maximum atomic E-state index is 12.1. The van der Waals surface area contributed by atoms with Crippen LogP contribution in [0.15, 0.2) is 0 Å². The molecular formula is C8H11F3N2O. The van der Waals surface area contributed by atoms with E-state index in [0.29, 0.717) is 0 Å². The molecule has 0 radical (unpaired) electrons. The number of β-amino-alcohol motifs (C(OH)–C–C–N with tert-alkyl or cyclic N) is 1. The summed E-state index contributed by atoms with van der Waals surface area (Å²) in [7, 11) is 0. The van der Waals surface area contributed by atoms with E-state index in [-0.39, 0.29) is 19.6 Å². The third-order valence-electron chi connectivity index (χ3n) is 2.12. The second-order valence-electron chi connectivity index (χ2n) is 3.89. The third-order valence-corrected chi connectivity index (χ3v) is 2.12. The van der Waals surface area contributed by atoms with Gasteiger partial charge in [0.2, 0.25) is 0 Å². The molecule has 0 amide bonds. The van der Waals surface area contributed by atoms with Crippen molar-refractivity contribution < 1.29 is 18.3 Å². The van der Waals surface area contributed by atoms with Gasteiger partial charge in [0.15, 0.2) is 5.92 Å². The Morgan fingerprint density at radius 2 is 2.07 bits per heavy atom. The lowest BCUT2D eigenvalue weighted by molar-refractivity contribution is -0.175. The van der Waals surface area contributed by atoms with Crippen molar-refractivity contribution in [3.8, 4) is 6.07 Å². The summed E-state index contributed by atoms with van der Waals surface area (Å²) in [6.45, 7) is 1.59. The molecule has 80 valence electrons. The monoisotopic (exact) mass is 208 g/mol. The molecule has 0 aliphatic carbocycles. The molecule has 0 spiro atoms. The van der Waals surface area contributed by atoms with Crippen LogP contribution in [0.3, 0.4) is 0 Å². The van der Waals surface area contributed by atoms with Crippen molar-refractivity contribution in [1.29, 1.82) is 5.26 Å². The minimum atomic E-state index is -4.48. The van der Waals surface area contributed by atoms with E-state index >= 15 is 0 Å². The number of rotatable bonds is 2. The van der Waals surface area contributed by atoms with Gasteiger partial charge in [-0.25, -0.2) is 0 Å². The van der Waals surface area contributed by atoms with Gasteiger partial charge in [0.05, 0.1) is 11.7 Å². The molecule has 3 nitrogen and oxygen atoms in total. The Balaban J connectivity index is 2.42. The Labute approximate surface area is 79.7 Å². The molecule has 1 unspecified atom stereocenters. The molecule has 14 heavy (non-hydrogen) atoms. The zero-order valence-electron chi connectivity index (χ0n) is 7.67. The van der Waals surface area contributed by atoms with Crippen LogP contribution in [-0.4, -0.2) is 41.4 Å². The minimum Gasteiger partial charge on any atom is -0.388 e. The van der Waals surface area contributed by atoms with E-state index in [0.717, 1.165) is 0 Å². The first-order valence-corrected chi connectivity index (χ1v) is 4.16. The standard InChI is InChI=1S/C8H11F3N2O/c1-7(14)4-13(5-7)3-6(2-12)8(9,10)11/h6,14H,3-5H2,1H3. The van der Waals surface area contributed by atoms with Gasteiger partial charge >= 0.3 is 6.18 Å². The van der Waals surface area contributed by atoms with Gasteiger partial charge in [-0.1, -0.05) is 0 Å². The van der Waals surface area contributed by atoms with Crippen LogP contribution in [0.25, 0.3) is 0 Å². The molecule has 1 saturated heterocycles. The van der Waals surface area contributed by atoms with Gasteiger partial charge in [-0.15, -0.1) is 0 Å².